The predicted octanol–water partition coefficient (Wildman–Crippen LogP) is 11.6. The van der Waals surface area contributed by atoms with Crippen LogP contribution >= 0.6 is 0 Å². The molecule has 3 aromatic heterocycles. The number of furan rings is 1. The summed E-state index contributed by atoms with van der Waals surface area (Å²) in [7, 11) is -1.27. The number of nitrogens with zero attached hydrogens (tertiary/aromatic N) is 2. The van der Waals surface area contributed by atoms with Gasteiger partial charge < -0.3 is 14.4 Å². The maximum absolute atomic E-state index is 6.54. The summed E-state index contributed by atoms with van der Waals surface area (Å²) in [4.78, 5) is 9.29. The Morgan fingerprint density at radius 2 is 1.49 bits per heavy atom. The molecule has 1 fully saturated rings. The van der Waals surface area contributed by atoms with Gasteiger partial charge in [0.1, 0.15) is 5.58 Å². The fourth-order valence-electron chi connectivity index (χ4n) is 7.11. The van der Waals surface area contributed by atoms with E-state index in [4.69, 9.17) is 9.40 Å². The molecular weight excluding hydrogens is 793 g/mol. The molecule has 0 N–H and O–H groups in total. The van der Waals surface area contributed by atoms with Crippen molar-refractivity contribution in [2.45, 2.75) is 64.6 Å². The van der Waals surface area contributed by atoms with E-state index in [0.29, 0.717) is 5.92 Å². The average Bonchev–Trinajstić information content (AvgIpc) is 3.52. The minimum absolute atomic E-state index is 0. The van der Waals surface area contributed by atoms with Crippen molar-refractivity contribution in [2.24, 2.45) is 0 Å². The number of para-hydroxylation sites is 1. The molecule has 249 valence electrons. The zero-order chi connectivity index (χ0) is 33.1. The van der Waals surface area contributed by atoms with Crippen LogP contribution in [0.15, 0.2) is 120 Å². The SMILES string of the molecule is Cc1cc(-c2[c-]cccc2)ncc1[Si](C)(C)C.[Ir].[c-]1ccc2c(oc3c(-c4ccccc4)cccc32)c1-c1cc(C2CCCCC2)ccn1. The van der Waals surface area contributed by atoms with Crippen LogP contribution in [-0.2, 0) is 20.1 Å². The van der Waals surface area contributed by atoms with E-state index in [0.717, 1.165) is 55.6 Å². The van der Waals surface area contributed by atoms with Crippen LogP contribution in [0.1, 0.15) is 49.1 Å². The van der Waals surface area contributed by atoms with Crippen molar-refractivity contribution in [3.8, 4) is 33.6 Å². The third kappa shape index (κ3) is 7.55. The Labute approximate surface area is 305 Å². The maximum Gasteiger partial charge on any atom is 0.128 e. The molecule has 0 spiro atoms. The normalized spacial score (nSPS) is 13.5. The van der Waals surface area contributed by atoms with Crippen LogP contribution < -0.4 is 5.19 Å². The summed E-state index contributed by atoms with van der Waals surface area (Å²) < 4.78 is 6.54. The smallest absolute Gasteiger partial charge is 0.128 e. The zero-order valence-electron chi connectivity index (χ0n) is 28.7. The van der Waals surface area contributed by atoms with Crippen LogP contribution in [0.3, 0.4) is 0 Å². The van der Waals surface area contributed by atoms with Crippen molar-refractivity contribution in [3.05, 3.63) is 139 Å². The van der Waals surface area contributed by atoms with Gasteiger partial charge in [-0.05, 0) is 53.9 Å². The molecule has 0 saturated heterocycles. The Morgan fingerprint density at radius 1 is 0.714 bits per heavy atom. The van der Waals surface area contributed by atoms with E-state index < -0.39 is 8.07 Å². The molecule has 4 aromatic carbocycles. The third-order valence-corrected chi connectivity index (χ3v) is 11.7. The second kappa shape index (κ2) is 15.2. The summed E-state index contributed by atoms with van der Waals surface area (Å²) in [5.74, 6) is 0.648. The van der Waals surface area contributed by atoms with Crippen LogP contribution in [0, 0.1) is 19.1 Å². The number of hydrogen-bond donors (Lipinski definition) is 0. The van der Waals surface area contributed by atoms with E-state index in [1.807, 2.05) is 36.5 Å². The van der Waals surface area contributed by atoms with Crippen molar-refractivity contribution >= 4 is 35.2 Å². The molecule has 1 radical (unpaired) electrons. The van der Waals surface area contributed by atoms with E-state index >= 15 is 0 Å². The Kier molecular flexibility index (Phi) is 10.7. The summed E-state index contributed by atoms with van der Waals surface area (Å²) >= 11 is 0. The third-order valence-electron chi connectivity index (χ3n) is 9.56. The molecule has 0 unspecified atom stereocenters. The van der Waals surface area contributed by atoms with E-state index in [1.54, 1.807) is 0 Å². The van der Waals surface area contributed by atoms with Gasteiger partial charge in [0.15, 0.2) is 0 Å². The molecule has 3 heterocycles. The van der Waals surface area contributed by atoms with Gasteiger partial charge in [0.25, 0.3) is 0 Å². The summed E-state index contributed by atoms with van der Waals surface area (Å²) in [5.41, 5.74) is 10.8. The van der Waals surface area contributed by atoms with Gasteiger partial charge in [-0.1, -0.05) is 122 Å². The molecule has 0 bridgehead atoms. The van der Waals surface area contributed by atoms with E-state index in [2.05, 4.69) is 123 Å². The van der Waals surface area contributed by atoms with Crippen molar-refractivity contribution in [3.63, 3.8) is 0 Å². The van der Waals surface area contributed by atoms with Crippen LogP contribution in [0.4, 0.5) is 0 Å². The van der Waals surface area contributed by atoms with E-state index in [1.165, 1.54) is 48.4 Å². The molecule has 0 atom stereocenters. The molecule has 8 rings (SSSR count). The second-order valence-electron chi connectivity index (χ2n) is 14.0. The Balaban J connectivity index is 0.000000198. The molecular formula is C44H42IrN2OSi-2. The first-order valence-electron chi connectivity index (χ1n) is 17.2. The first kappa shape index (κ1) is 34.7. The van der Waals surface area contributed by atoms with E-state index in [-0.39, 0.29) is 20.1 Å². The van der Waals surface area contributed by atoms with Crippen LogP contribution in [0.2, 0.25) is 19.6 Å². The first-order chi connectivity index (χ1) is 23.4. The van der Waals surface area contributed by atoms with Crippen molar-refractivity contribution in [1.82, 2.24) is 9.97 Å². The number of fused-ring (bicyclic) bond motifs is 3. The van der Waals surface area contributed by atoms with Gasteiger partial charge in [-0.2, -0.15) is 0 Å². The zero-order valence-corrected chi connectivity index (χ0v) is 32.1. The summed E-state index contributed by atoms with van der Waals surface area (Å²) in [6.07, 6.45) is 10.6. The maximum atomic E-state index is 6.54. The fraction of sp³-hybridized carbons (Fsp3) is 0.227. The van der Waals surface area contributed by atoms with Crippen LogP contribution in [0.25, 0.3) is 55.6 Å². The second-order valence-corrected chi connectivity index (χ2v) is 19.0. The van der Waals surface area contributed by atoms with E-state index in [9.17, 15) is 0 Å². The number of rotatable bonds is 5. The molecule has 5 heteroatoms. The van der Waals surface area contributed by atoms with Gasteiger partial charge >= 0.3 is 0 Å². The number of pyridine rings is 2. The molecule has 1 saturated carbocycles. The largest absolute Gasteiger partial charge is 0.500 e. The fourth-order valence-corrected chi connectivity index (χ4v) is 8.82. The van der Waals surface area contributed by atoms with Gasteiger partial charge in [-0.3, -0.25) is 0 Å². The van der Waals surface area contributed by atoms with Gasteiger partial charge in [0, 0.05) is 43.4 Å². The number of benzene rings is 4. The molecule has 0 aliphatic heterocycles. The number of aromatic nitrogens is 2. The van der Waals surface area contributed by atoms with Crippen LogP contribution in [-0.4, -0.2) is 18.0 Å². The molecule has 49 heavy (non-hydrogen) atoms. The molecule has 0 amide bonds. The van der Waals surface area contributed by atoms with Crippen molar-refractivity contribution in [2.75, 3.05) is 0 Å². The molecule has 1 aliphatic rings. The standard InChI is InChI=1S/C29H24NO.C15H18NSi.Ir/c1-3-9-20(10-4-1)22-17-18-30-27(19-22)26-16-8-15-25-24-14-7-13-23(28(24)31-29(25)26)21-11-5-2-6-12-21;1-12-10-14(13-8-6-5-7-9-13)16-11-15(12)17(2,3)4;/h2,5-8,11-15,17-20H,1,3-4,9-10H2;5-8,10-11H,1-4H3;/q2*-1;. The first-order valence-corrected chi connectivity index (χ1v) is 20.7. The number of aryl methyl sites for hydroxylation is 1. The predicted molar refractivity (Wildman–Crippen MR) is 203 cm³/mol. The molecule has 1 aliphatic carbocycles. The van der Waals surface area contributed by atoms with Gasteiger partial charge in [0.05, 0.1) is 13.7 Å². The quantitative estimate of drug-likeness (QED) is 0.128. The minimum atomic E-state index is -1.27. The Bertz CT molecular complexity index is 2160. The van der Waals surface area contributed by atoms with Crippen molar-refractivity contribution < 1.29 is 24.5 Å². The number of hydrogen-bond acceptors (Lipinski definition) is 3. The molecule has 3 nitrogen and oxygen atoms in total. The Hall–Kier alpha value is -4.15. The topological polar surface area (TPSA) is 38.9 Å². The summed E-state index contributed by atoms with van der Waals surface area (Å²) in [6.45, 7) is 9.24. The van der Waals surface area contributed by atoms with Gasteiger partial charge in [-0.25, -0.2) is 0 Å². The van der Waals surface area contributed by atoms with Crippen molar-refractivity contribution in [1.29, 1.82) is 0 Å². The van der Waals surface area contributed by atoms with Gasteiger partial charge in [0.2, 0.25) is 0 Å². The molecule has 7 aromatic rings. The van der Waals surface area contributed by atoms with Crippen LogP contribution in [0.5, 0.6) is 0 Å². The minimum Gasteiger partial charge on any atom is -0.500 e. The summed E-state index contributed by atoms with van der Waals surface area (Å²) in [6, 6.07) is 42.2. The Morgan fingerprint density at radius 3 is 2.22 bits per heavy atom. The summed E-state index contributed by atoms with van der Waals surface area (Å²) in [5, 5.41) is 3.69. The van der Waals surface area contributed by atoms with Gasteiger partial charge in [-0.15, -0.1) is 54.1 Å². The monoisotopic (exact) mass is 835 g/mol. The average molecular weight is 835 g/mol.